The molecule has 1 fully saturated rings. The van der Waals surface area contributed by atoms with Crippen molar-refractivity contribution in [1.82, 2.24) is 9.80 Å². The lowest BCUT2D eigenvalue weighted by Gasteiger charge is -2.35. The number of nitrogens with zero attached hydrogens (tertiary/aromatic N) is 2. The van der Waals surface area contributed by atoms with Gasteiger partial charge in [0, 0.05) is 37.6 Å². The van der Waals surface area contributed by atoms with Crippen molar-refractivity contribution < 1.29 is 22.7 Å². The van der Waals surface area contributed by atoms with Gasteiger partial charge in [-0.15, -0.1) is 0 Å². The molecule has 0 saturated carbocycles. The van der Waals surface area contributed by atoms with Crippen LogP contribution in [0.1, 0.15) is 22.3 Å². The molecular formula is C27H26Cl3N3O5S. The van der Waals surface area contributed by atoms with Crippen molar-refractivity contribution in [3.05, 3.63) is 86.9 Å². The molecule has 4 rings (SSSR count). The summed E-state index contributed by atoms with van der Waals surface area (Å²) in [5.41, 5.74) is 1.28. The first-order valence-corrected chi connectivity index (χ1v) is 14.7. The third-order valence-electron chi connectivity index (χ3n) is 6.32. The molecule has 3 aromatic carbocycles. The molecule has 0 aromatic heterocycles. The molecule has 1 aliphatic heterocycles. The van der Waals surface area contributed by atoms with Crippen LogP contribution in [-0.2, 0) is 21.2 Å². The predicted octanol–water partition coefficient (Wildman–Crippen LogP) is 5.37. The summed E-state index contributed by atoms with van der Waals surface area (Å²) in [6, 6.07) is 16.2. The van der Waals surface area contributed by atoms with Crippen LogP contribution in [0.2, 0.25) is 15.1 Å². The van der Waals surface area contributed by atoms with Gasteiger partial charge in [0.1, 0.15) is 10.6 Å². The van der Waals surface area contributed by atoms with Crippen molar-refractivity contribution in [3.8, 4) is 5.75 Å². The summed E-state index contributed by atoms with van der Waals surface area (Å²) >= 11 is 18.5. The van der Waals surface area contributed by atoms with Gasteiger partial charge in [0.15, 0.2) is 0 Å². The zero-order chi connectivity index (χ0) is 28.2. The van der Waals surface area contributed by atoms with E-state index in [4.69, 9.17) is 39.5 Å². The van der Waals surface area contributed by atoms with E-state index in [1.807, 2.05) is 24.3 Å². The fourth-order valence-electron chi connectivity index (χ4n) is 4.19. The van der Waals surface area contributed by atoms with Crippen molar-refractivity contribution in [1.29, 1.82) is 0 Å². The van der Waals surface area contributed by atoms with Gasteiger partial charge >= 0.3 is 0 Å². The smallest absolute Gasteiger partial charge is 0.263 e. The second-order valence-corrected chi connectivity index (χ2v) is 11.8. The maximum atomic E-state index is 13.3. The second kappa shape index (κ2) is 12.5. The van der Waals surface area contributed by atoms with E-state index in [1.165, 1.54) is 24.3 Å². The molecule has 206 valence electrons. The number of aryl methyl sites for hydroxylation is 1. The van der Waals surface area contributed by atoms with E-state index in [0.29, 0.717) is 31.0 Å². The van der Waals surface area contributed by atoms with Gasteiger partial charge in [0.2, 0.25) is 5.91 Å². The first kappa shape index (κ1) is 29.0. The molecule has 1 saturated heterocycles. The molecule has 0 radical (unpaired) electrons. The van der Waals surface area contributed by atoms with Crippen molar-refractivity contribution in [2.24, 2.45) is 0 Å². The van der Waals surface area contributed by atoms with Gasteiger partial charge in [-0.3, -0.25) is 14.3 Å². The Morgan fingerprint density at radius 1 is 0.897 bits per heavy atom. The summed E-state index contributed by atoms with van der Waals surface area (Å²) in [6.45, 7) is 1.30. The molecule has 1 aliphatic rings. The van der Waals surface area contributed by atoms with Gasteiger partial charge < -0.3 is 14.5 Å². The molecule has 0 bridgehead atoms. The first-order chi connectivity index (χ1) is 18.6. The van der Waals surface area contributed by atoms with Crippen LogP contribution in [0.5, 0.6) is 5.75 Å². The normalized spacial score (nSPS) is 13.7. The van der Waals surface area contributed by atoms with E-state index < -0.39 is 15.9 Å². The number of amides is 2. The number of rotatable bonds is 8. The Balaban J connectivity index is 1.40. The van der Waals surface area contributed by atoms with E-state index in [-0.39, 0.29) is 45.2 Å². The number of carbonyl (C=O) groups is 2. The number of hydrogen-bond donors (Lipinski definition) is 1. The van der Waals surface area contributed by atoms with Gasteiger partial charge in [0.05, 0.1) is 28.4 Å². The Kier molecular flexibility index (Phi) is 9.27. The van der Waals surface area contributed by atoms with E-state index in [9.17, 15) is 18.0 Å². The number of ether oxygens (including phenoxy) is 1. The van der Waals surface area contributed by atoms with Crippen molar-refractivity contribution >= 4 is 62.3 Å². The van der Waals surface area contributed by atoms with Gasteiger partial charge in [0.25, 0.3) is 15.9 Å². The van der Waals surface area contributed by atoms with Gasteiger partial charge in [-0.2, -0.15) is 0 Å². The lowest BCUT2D eigenvalue weighted by Crippen LogP contribution is -2.50. The maximum Gasteiger partial charge on any atom is 0.263 e. The average Bonchev–Trinajstić information content (AvgIpc) is 2.91. The minimum atomic E-state index is -4.15. The van der Waals surface area contributed by atoms with Crippen LogP contribution < -0.4 is 9.46 Å². The van der Waals surface area contributed by atoms with Gasteiger partial charge in [-0.05, 0) is 54.4 Å². The average molecular weight is 611 g/mol. The molecule has 1 heterocycles. The number of sulfonamides is 1. The van der Waals surface area contributed by atoms with Crippen LogP contribution in [0.4, 0.5) is 5.69 Å². The molecular weight excluding hydrogens is 585 g/mol. The van der Waals surface area contributed by atoms with Gasteiger partial charge in [-0.1, -0.05) is 53.0 Å². The Hall–Kier alpha value is -2.98. The predicted molar refractivity (Wildman–Crippen MR) is 153 cm³/mol. The Labute approximate surface area is 242 Å². The molecule has 0 atom stereocenters. The maximum absolute atomic E-state index is 13.3. The van der Waals surface area contributed by atoms with Crippen LogP contribution in [0.15, 0.2) is 65.6 Å². The van der Waals surface area contributed by atoms with Crippen LogP contribution in [0.25, 0.3) is 0 Å². The summed E-state index contributed by atoms with van der Waals surface area (Å²) in [5, 5.41) is 0.259. The monoisotopic (exact) mass is 609 g/mol. The molecule has 3 aromatic rings. The Morgan fingerprint density at radius 2 is 1.56 bits per heavy atom. The summed E-state index contributed by atoms with van der Waals surface area (Å²) in [5.74, 6) is 0.317. The molecule has 8 nitrogen and oxygen atoms in total. The highest BCUT2D eigenvalue weighted by Gasteiger charge is 2.28. The first-order valence-electron chi connectivity index (χ1n) is 12.0. The third-order valence-corrected chi connectivity index (χ3v) is 8.72. The van der Waals surface area contributed by atoms with E-state index in [2.05, 4.69) is 4.72 Å². The summed E-state index contributed by atoms with van der Waals surface area (Å²) in [6.07, 6.45) is 0.951. The van der Waals surface area contributed by atoms with Crippen molar-refractivity contribution in [3.63, 3.8) is 0 Å². The standard InChI is InChI=1S/C27H26Cl3N3O5S/c1-38-21-8-5-18(6-9-21)7-10-26(34)32-11-13-33(14-12-32)27(35)22-16-25(24(30)17-23(22)29)39(36,37)31-20-4-2-3-19(28)15-20/h2-6,8-9,15-17,31H,7,10-14H2,1H3. The summed E-state index contributed by atoms with van der Waals surface area (Å²) < 4.78 is 33.7. The topological polar surface area (TPSA) is 96.0 Å². The molecule has 39 heavy (non-hydrogen) atoms. The van der Waals surface area contributed by atoms with E-state index in [0.717, 1.165) is 11.3 Å². The van der Waals surface area contributed by atoms with Crippen LogP contribution >= 0.6 is 34.8 Å². The number of piperazine rings is 1. The Bertz CT molecular complexity index is 1470. The highest BCUT2D eigenvalue weighted by atomic mass is 35.5. The van der Waals surface area contributed by atoms with E-state index >= 15 is 0 Å². The molecule has 0 unspecified atom stereocenters. The minimum absolute atomic E-state index is 0.00270. The Morgan fingerprint density at radius 3 is 2.21 bits per heavy atom. The zero-order valence-electron chi connectivity index (χ0n) is 21.0. The van der Waals surface area contributed by atoms with Crippen LogP contribution in [0, 0.1) is 0 Å². The lowest BCUT2D eigenvalue weighted by atomic mass is 10.1. The van der Waals surface area contributed by atoms with Crippen LogP contribution in [-0.4, -0.2) is 63.3 Å². The second-order valence-electron chi connectivity index (χ2n) is 8.90. The third kappa shape index (κ3) is 7.16. The summed E-state index contributed by atoms with van der Waals surface area (Å²) in [7, 11) is -2.55. The molecule has 12 heteroatoms. The highest BCUT2D eigenvalue weighted by Crippen LogP contribution is 2.31. The number of anilines is 1. The number of halogens is 3. The largest absolute Gasteiger partial charge is 0.497 e. The summed E-state index contributed by atoms with van der Waals surface area (Å²) in [4.78, 5) is 29.0. The highest BCUT2D eigenvalue weighted by molar-refractivity contribution is 7.92. The fourth-order valence-corrected chi connectivity index (χ4v) is 6.29. The minimum Gasteiger partial charge on any atom is -0.497 e. The molecule has 2 amide bonds. The molecule has 0 aliphatic carbocycles. The molecule has 0 spiro atoms. The zero-order valence-corrected chi connectivity index (χ0v) is 24.1. The number of hydrogen-bond acceptors (Lipinski definition) is 5. The number of benzene rings is 3. The number of methoxy groups -OCH3 is 1. The van der Waals surface area contributed by atoms with Gasteiger partial charge in [-0.25, -0.2) is 8.42 Å². The lowest BCUT2D eigenvalue weighted by molar-refractivity contribution is -0.132. The van der Waals surface area contributed by atoms with E-state index in [1.54, 1.807) is 29.0 Å². The van der Waals surface area contributed by atoms with Crippen molar-refractivity contribution in [2.45, 2.75) is 17.7 Å². The fraction of sp³-hybridized carbons (Fsp3) is 0.259. The SMILES string of the molecule is COc1ccc(CCC(=O)N2CCN(C(=O)c3cc(S(=O)(=O)Nc4cccc(Cl)c4)c(Cl)cc3Cl)CC2)cc1. The molecule has 1 N–H and O–H groups in total. The quantitative estimate of drug-likeness (QED) is 0.370. The van der Waals surface area contributed by atoms with Crippen LogP contribution in [0.3, 0.4) is 0 Å². The number of nitrogens with one attached hydrogen (secondary N) is 1. The number of carbonyl (C=O) groups excluding carboxylic acids is 2. The van der Waals surface area contributed by atoms with Crippen molar-refractivity contribution in [2.75, 3.05) is 38.0 Å².